The maximum absolute atomic E-state index is 4.28. The Kier molecular flexibility index (Phi) is 4.78. The number of halogens is 2. The number of nitrogens with one attached hydrogen (secondary N) is 2. The Labute approximate surface area is 121 Å². The first kappa shape index (κ1) is 13.3. The second-order valence-corrected chi connectivity index (χ2v) is 7.38. The molecule has 1 atom stereocenters. The molecular formula is C11H13Br2N3S. The fourth-order valence-electron chi connectivity index (χ4n) is 1.73. The lowest BCUT2D eigenvalue weighted by molar-refractivity contribution is 0.539. The second kappa shape index (κ2) is 6.13. The van der Waals surface area contributed by atoms with Gasteiger partial charge in [-0.1, -0.05) is 6.92 Å². The van der Waals surface area contributed by atoms with Gasteiger partial charge in [-0.2, -0.15) is 0 Å². The number of thiophene rings is 1. The van der Waals surface area contributed by atoms with E-state index in [9.17, 15) is 0 Å². The van der Waals surface area contributed by atoms with Crippen molar-refractivity contribution in [2.24, 2.45) is 0 Å². The molecule has 2 N–H and O–H groups in total. The first-order valence-electron chi connectivity index (χ1n) is 5.37. The summed E-state index contributed by atoms with van der Waals surface area (Å²) in [6, 6.07) is 2.44. The summed E-state index contributed by atoms with van der Waals surface area (Å²) in [7, 11) is 0. The van der Waals surface area contributed by atoms with Gasteiger partial charge in [0.25, 0.3) is 0 Å². The molecule has 0 amide bonds. The highest BCUT2D eigenvalue weighted by Gasteiger charge is 2.17. The molecule has 0 radical (unpaired) electrons. The molecule has 2 heterocycles. The molecule has 0 saturated heterocycles. The molecule has 0 fully saturated rings. The molecule has 17 heavy (non-hydrogen) atoms. The molecule has 1 unspecified atom stereocenters. The molecule has 92 valence electrons. The molecule has 2 aromatic heterocycles. The van der Waals surface area contributed by atoms with Gasteiger partial charge in [-0.3, -0.25) is 0 Å². The van der Waals surface area contributed by atoms with Crippen LogP contribution < -0.4 is 5.32 Å². The normalized spacial score (nSPS) is 12.9. The predicted molar refractivity (Wildman–Crippen MR) is 78.4 cm³/mol. The summed E-state index contributed by atoms with van der Waals surface area (Å²) in [5.74, 6) is 1.00. The van der Waals surface area contributed by atoms with Gasteiger partial charge >= 0.3 is 0 Å². The number of aromatic amines is 1. The molecule has 0 aliphatic rings. The Hall–Kier alpha value is -0.170. The fourth-order valence-corrected chi connectivity index (χ4v) is 4.71. The Morgan fingerprint density at radius 2 is 2.35 bits per heavy atom. The summed E-state index contributed by atoms with van der Waals surface area (Å²) in [6.45, 7) is 3.05. The summed E-state index contributed by atoms with van der Waals surface area (Å²) in [4.78, 5) is 7.43. The molecule has 0 aliphatic carbocycles. The highest BCUT2D eigenvalue weighted by Crippen LogP contribution is 2.36. The second-order valence-electron chi connectivity index (χ2n) is 3.63. The lowest BCUT2D eigenvalue weighted by Gasteiger charge is -2.16. The third-order valence-corrected chi connectivity index (χ3v) is 4.85. The largest absolute Gasteiger partial charge is 0.349 e. The van der Waals surface area contributed by atoms with Gasteiger partial charge in [0.1, 0.15) is 5.82 Å². The van der Waals surface area contributed by atoms with Crippen molar-refractivity contribution in [1.82, 2.24) is 15.3 Å². The molecule has 3 nitrogen and oxygen atoms in total. The van der Waals surface area contributed by atoms with Crippen molar-refractivity contribution in [3.05, 3.63) is 37.4 Å². The van der Waals surface area contributed by atoms with E-state index >= 15 is 0 Å². The topological polar surface area (TPSA) is 40.7 Å². The lowest BCUT2D eigenvalue weighted by atomic mass is 10.1. The average molecular weight is 379 g/mol. The van der Waals surface area contributed by atoms with Crippen LogP contribution in [0.5, 0.6) is 0 Å². The summed E-state index contributed by atoms with van der Waals surface area (Å²) >= 11 is 8.83. The van der Waals surface area contributed by atoms with Gasteiger partial charge in [0.05, 0.1) is 7.57 Å². The Bertz CT molecular complexity index is 467. The molecule has 6 heteroatoms. The average Bonchev–Trinajstić information content (AvgIpc) is 2.88. The summed E-state index contributed by atoms with van der Waals surface area (Å²) in [6.07, 6.45) is 4.51. The molecule has 2 aromatic rings. The predicted octanol–water partition coefficient (Wildman–Crippen LogP) is 3.89. The molecule has 0 aromatic carbocycles. The molecule has 0 spiro atoms. The van der Waals surface area contributed by atoms with Crippen LogP contribution in [0.2, 0.25) is 0 Å². The van der Waals surface area contributed by atoms with E-state index in [0.29, 0.717) is 0 Å². The fraction of sp³-hybridized carbons (Fsp3) is 0.364. The highest BCUT2D eigenvalue weighted by molar-refractivity contribution is 9.12. The van der Waals surface area contributed by atoms with E-state index in [1.54, 1.807) is 17.5 Å². The molecule has 0 bridgehead atoms. The van der Waals surface area contributed by atoms with Gasteiger partial charge < -0.3 is 10.3 Å². The Morgan fingerprint density at radius 3 is 2.88 bits per heavy atom. The van der Waals surface area contributed by atoms with Crippen molar-refractivity contribution in [3.63, 3.8) is 0 Å². The SMILES string of the molecule is CCNC(Cc1ncc[nH]1)c1cc(Br)sc1Br. The van der Waals surface area contributed by atoms with Gasteiger partial charge in [0, 0.05) is 24.9 Å². The van der Waals surface area contributed by atoms with Crippen molar-refractivity contribution >= 4 is 43.2 Å². The zero-order valence-corrected chi connectivity index (χ0v) is 13.3. The van der Waals surface area contributed by atoms with Crippen molar-refractivity contribution in [2.75, 3.05) is 6.54 Å². The minimum absolute atomic E-state index is 0.281. The van der Waals surface area contributed by atoms with E-state index in [0.717, 1.165) is 22.6 Å². The van der Waals surface area contributed by atoms with Crippen LogP contribution in [0, 0.1) is 0 Å². The van der Waals surface area contributed by atoms with Crippen LogP contribution in [0.1, 0.15) is 24.4 Å². The number of rotatable bonds is 5. The molecular weight excluding hydrogens is 366 g/mol. The number of likely N-dealkylation sites (N-methyl/N-ethyl adjacent to an activating group) is 1. The Morgan fingerprint density at radius 1 is 1.53 bits per heavy atom. The number of aromatic nitrogens is 2. The van der Waals surface area contributed by atoms with Crippen LogP contribution in [-0.4, -0.2) is 16.5 Å². The summed E-state index contributed by atoms with van der Waals surface area (Å²) in [5.41, 5.74) is 1.28. The van der Waals surface area contributed by atoms with Crippen molar-refractivity contribution in [2.45, 2.75) is 19.4 Å². The number of hydrogen-bond donors (Lipinski definition) is 2. The van der Waals surface area contributed by atoms with Crippen LogP contribution in [0.3, 0.4) is 0 Å². The number of nitrogens with zero attached hydrogens (tertiary/aromatic N) is 1. The van der Waals surface area contributed by atoms with Crippen molar-refractivity contribution in [1.29, 1.82) is 0 Å². The van der Waals surface area contributed by atoms with Crippen LogP contribution in [0.25, 0.3) is 0 Å². The van der Waals surface area contributed by atoms with E-state index in [2.05, 4.69) is 60.1 Å². The monoisotopic (exact) mass is 377 g/mol. The van der Waals surface area contributed by atoms with E-state index in [1.807, 2.05) is 6.20 Å². The minimum atomic E-state index is 0.281. The minimum Gasteiger partial charge on any atom is -0.349 e. The number of imidazole rings is 1. The van der Waals surface area contributed by atoms with Crippen LogP contribution in [0.4, 0.5) is 0 Å². The Balaban J connectivity index is 2.19. The molecule has 0 saturated carbocycles. The summed E-state index contributed by atoms with van der Waals surface area (Å²) < 4.78 is 2.31. The van der Waals surface area contributed by atoms with Gasteiger partial charge in [-0.05, 0) is 50.0 Å². The van der Waals surface area contributed by atoms with E-state index in [-0.39, 0.29) is 6.04 Å². The van der Waals surface area contributed by atoms with Crippen molar-refractivity contribution in [3.8, 4) is 0 Å². The van der Waals surface area contributed by atoms with Crippen LogP contribution >= 0.6 is 43.2 Å². The standard InChI is InChI=1S/C11H13Br2N3S/c1-2-14-8(6-10-15-3-4-16-10)7-5-9(12)17-11(7)13/h3-5,8,14H,2,6H2,1H3,(H,15,16). The third kappa shape index (κ3) is 3.40. The third-order valence-electron chi connectivity index (χ3n) is 2.46. The van der Waals surface area contributed by atoms with E-state index in [1.165, 1.54) is 9.35 Å². The maximum Gasteiger partial charge on any atom is 0.107 e. The lowest BCUT2D eigenvalue weighted by Crippen LogP contribution is -2.23. The number of hydrogen-bond acceptors (Lipinski definition) is 3. The first-order valence-corrected chi connectivity index (χ1v) is 7.77. The quantitative estimate of drug-likeness (QED) is 0.828. The van der Waals surface area contributed by atoms with E-state index < -0.39 is 0 Å². The summed E-state index contributed by atoms with van der Waals surface area (Å²) in [5, 5.41) is 3.49. The van der Waals surface area contributed by atoms with Crippen molar-refractivity contribution < 1.29 is 0 Å². The van der Waals surface area contributed by atoms with Gasteiger partial charge in [0.2, 0.25) is 0 Å². The highest BCUT2D eigenvalue weighted by atomic mass is 79.9. The molecule has 0 aliphatic heterocycles. The van der Waals surface area contributed by atoms with Gasteiger partial charge in [0.15, 0.2) is 0 Å². The zero-order chi connectivity index (χ0) is 12.3. The maximum atomic E-state index is 4.28. The van der Waals surface area contributed by atoms with Gasteiger partial charge in [-0.25, -0.2) is 4.98 Å². The zero-order valence-electron chi connectivity index (χ0n) is 9.34. The first-order chi connectivity index (χ1) is 8.20. The molecule has 2 rings (SSSR count). The number of H-pyrrole nitrogens is 1. The van der Waals surface area contributed by atoms with Gasteiger partial charge in [-0.15, -0.1) is 11.3 Å². The van der Waals surface area contributed by atoms with Crippen LogP contribution in [0.15, 0.2) is 26.0 Å². The van der Waals surface area contributed by atoms with E-state index in [4.69, 9.17) is 0 Å². The smallest absolute Gasteiger partial charge is 0.107 e. The van der Waals surface area contributed by atoms with Crippen LogP contribution in [-0.2, 0) is 6.42 Å².